The van der Waals surface area contributed by atoms with E-state index in [1.807, 2.05) is 0 Å². The molecule has 260 valence electrons. The first kappa shape index (κ1) is 30.0. The zero-order valence-electron chi connectivity index (χ0n) is 30.3. The van der Waals surface area contributed by atoms with Gasteiger partial charge in [0.1, 0.15) is 5.75 Å². The Labute approximate surface area is 322 Å². The van der Waals surface area contributed by atoms with Crippen LogP contribution in [0.2, 0.25) is 0 Å². The molecule has 0 N–H and O–H groups in total. The van der Waals surface area contributed by atoms with E-state index >= 15 is 0 Å². The van der Waals surface area contributed by atoms with Gasteiger partial charge in [-0.05, 0) is 69.4 Å². The molecule has 0 radical (unpaired) electrons. The van der Waals surface area contributed by atoms with E-state index < -0.39 is 5.41 Å². The number of aromatic nitrogens is 2. The molecule has 0 saturated heterocycles. The van der Waals surface area contributed by atoms with E-state index in [2.05, 4.69) is 203 Å². The Morgan fingerprint density at radius 3 is 1.82 bits per heavy atom. The van der Waals surface area contributed by atoms with Gasteiger partial charge in [-0.25, -0.2) is 0 Å². The van der Waals surface area contributed by atoms with E-state index in [1.54, 1.807) is 0 Å². The summed E-state index contributed by atoms with van der Waals surface area (Å²) in [5.41, 5.74) is 13.6. The van der Waals surface area contributed by atoms with Crippen LogP contribution in [0, 0.1) is 0 Å². The van der Waals surface area contributed by atoms with Crippen LogP contribution in [0.1, 0.15) is 22.3 Å². The van der Waals surface area contributed by atoms with Crippen LogP contribution in [0.25, 0.3) is 76.9 Å². The molecule has 9 aromatic carbocycles. The second kappa shape index (κ2) is 10.9. The molecule has 3 nitrogen and oxygen atoms in total. The van der Waals surface area contributed by atoms with E-state index in [0.29, 0.717) is 0 Å². The molecule has 4 heterocycles. The van der Waals surface area contributed by atoms with Crippen molar-refractivity contribution < 1.29 is 4.74 Å². The third kappa shape index (κ3) is 3.67. The standard InChI is InChI=1S/C53H32N2O/c1-2-15-36-33(13-1)14-11-18-37(36)34-27-29-35(30-28-34)54-46-23-7-3-17-39(46)41-31-32-45-52(51(41)54)56-49-26-10-6-21-43(49)53(45)42-20-5-9-25-48(42)55-47-24-8-4-16-38(47)40-19-12-22-44(53)50(40)55/h1-32H. The van der Waals surface area contributed by atoms with Crippen LogP contribution in [0.3, 0.4) is 0 Å². The Hall–Kier alpha value is -7.36. The Balaban J connectivity index is 1.14. The monoisotopic (exact) mass is 712 g/mol. The van der Waals surface area contributed by atoms with Gasteiger partial charge >= 0.3 is 0 Å². The zero-order chi connectivity index (χ0) is 36.5. The van der Waals surface area contributed by atoms with Gasteiger partial charge in [-0.1, -0.05) is 158 Å². The summed E-state index contributed by atoms with van der Waals surface area (Å²) >= 11 is 0. The maximum atomic E-state index is 7.28. The maximum Gasteiger partial charge on any atom is 0.156 e. The average molecular weight is 713 g/mol. The van der Waals surface area contributed by atoms with Gasteiger partial charge in [-0.2, -0.15) is 0 Å². The van der Waals surface area contributed by atoms with Crippen molar-refractivity contribution in [3.8, 4) is 34.0 Å². The Bertz CT molecular complexity index is 3450. The molecule has 0 fully saturated rings. The maximum absolute atomic E-state index is 7.28. The predicted molar refractivity (Wildman–Crippen MR) is 230 cm³/mol. The molecule has 2 aromatic heterocycles. The molecule has 11 aromatic rings. The predicted octanol–water partition coefficient (Wildman–Crippen LogP) is 13.5. The summed E-state index contributed by atoms with van der Waals surface area (Å²) in [6, 6.07) is 71.1. The molecule has 2 aliphatic heterocycles. The van der Waals surface area contributed by atoms with Gasteiger partial charge in [-0.15, -0.1) is 0 Å². The highest BCUT2D eigenvalue weighted by Crippen LogP contribution is 2.61. The minimum Gasteiger partial charge on any atom is -0.454 e. The molecular weight excluding hydrogens is 681 g/mol. The van der Waals surface area contributed by atoms with Crippen LogP contribution in [0.15, 0.2) is 194 Å². The first-order chi connectivity index (χ1) is 27.8. The third-order valence-electron chi connectivity index (χ3n) is 12.6. The molecule has 1 atom stereocenters. The molecule has 13 rings (SSSR count). The van der Waals surface area contributed by atoms with E-state index in [0.717, 1.165) is 39.3 Å². The lowest BCUT2D eigenvalue weighted by Gasteiger charge is -2.45. The van der Waals surface area contributed by atoms with Gasteiger partial charge < -0.3 is 13.9 Å². The first-order valence-electron chi connectivity index (χ1n) is 19.4. The van der Waals surface area contributed by atoms with Crippen LogP contribution in [-0.4, -0.2) is 9.13 Å². The van der Waals surface area contributed by atoms with Crippen LogP contribution < -0.4 is 4.74 Å². The highest BCUT2D eigenvalue weighted by molar-refractivity contribution is 6.14. The van der Waals surface area contributed by atoms with Gasteiger partial charge in [0, 0.05) is 38.4 Å². The van der Waals surface area contributed by atoms with E-state index in [4.69, 9.17) is 4.74 Å². The molecule has 0 aliphatic carbocycles. The number of hydrogen-bond acceptors (Lipinski definition) is 1. The number of benzene rings is 9. The fraction of sp³-hybridized carbons (Fsp3) is 0.0189. The smallest absolute Gasteiger partial charge is 0.156 e. The Morgan fingerprint density at radius 1 is 0.375 bits per heavy atom. The molecule has 56 heavy (non-hydrogen) atoms. The van der Waals surface area contributed by atoms with Gasteiger partial charge in [0.25, 0.3) is 0 Å². The normalized spacial score (nSPS) is 15.4. The number of ether oxygens (including phenoxy) is 1. The van der Waals surface area contributed by atoms with Crippen molar-refractivity contribution in [2.24, 2.45) is 0 Å². The highest BCUT2D eigenvalue weighted by atomic mass is 16.5. The number of rotatable bonds is 2. The minimum atomic E-state index is -0.641. The number of para-hydroxylation sites is 5. The molecule has 0 saturated carbocycles. The van der Waals surface area contributed by atoms with E-state index in [-0.39, 0.29) is 0 Å². The Morgan fingerprint density at radius 2 is 0.982 bits per heavy atom. The molecule has 1 unspecified atom stereocenters. The lowest BCUT2D eigenvalue weighted by molar-refractivity contribution is 0.438. The molecule has 2 aliphatic rings. The second-order valence-corrected chi connectivity index (χ2v) is 15.2. The molecule has 1 spiro atoms. The Kier molecular flexibility index (Phi) is 5.83. The van der Waals surface area contributed by atoms with Crippen LogP contribution in [0.5, 0.6) is 11.5 Å². The fourth-order valence-corrected chi connectivity index (χ4v) is 10.4. The summed E-state index contributed by atoms with van der Waals surface area (Å²) < 4.78 is 12.2. The molecular formula is C53H32N2O. The van der Waals surface area contributed by atoms with Gasteiger partial charge in [0.2, 0.25) is 0 Å². The zero-order valence-corrected chi connectivity index (χ0v) is 30.3. The number of hydrogen-bond donors (Lipinski definition) is 0. The second-order valence-electron chi connectivity index (χ2n) is 15.2. The summed E-state index contributed by atoms with van der Waals surface area (Å²) in [5.74, 6) is 1.78. The van der Waals surface area contributed by atoms with Crippen molar-refractivity contribution in [1.82, 2.24) is 9.13 Å². The first-order valence-corrected chi connectivity index (χ1v) is 19.4. The van der Waals surface area contributed by atoms with E-state index in [9.17, 15) is 0 Å². The van der Waals surface area contributed by atoms with Crippen LogP contribution >= 0.6 is 0 Å². The summed E-state index contributed by atoms with van der Waals surface area (Å²) in [5, 5.41) is 7.40. The molecule has 0 bridgehead atoms. The van der Waals surface area contributed by atoms with Gasteiger partial charge in [0.15, 0.2) is 5.75 Å². The van der Waals surface area contributed by atoms with Crippen molar-refractivity contribution in [2.45, 2.75) is 5.41 Å². The summed E-state index contributed by atoms with van der Waals surface area (Å²) in [6.45, 7) is 0. The number of nitrogens with zero attached hydrogens (tertiary/aromatic N) is 2. The van der Waals surface area contributed by atoms with Crippen molar-refractivity contribution in [3.63, 3.8) is 0 Å². The van der Waals surface area contributed by atoms with Crippen LogP contribution in [-0.2, 0) is 5.41 Å². The topological polar surface area (TPSA) is 19.1 Å². The fourth-order valence-electron chi connectivity index (χ4n) is 10.4. The summed E-state index contributed by atoms with van der Waals surface area (Å²) in [4.78, 5) is 0. The van der Waals surface area contributed by atoms with Crippen molar-refractivity contribution in [2.75, 3.05) is 0 Å². The summed E-state index contributed by atoms with van der Waals surface area (Å²) in [6.07, 6.45) is 0. The van der Waals surface area contributed by atoms with Crippen molar-refractivity contribution >= 4 is 54.4 Å². The molecule has 0 amide bonds. The minimum absolute atomic E-state index is 0.641. The highest BCUT2D eigenvalue weighted by Gasteiger charge is 2.51. The number of fused-ring (bicyclic) bond motifs is 16. The lowest BCUT2D eigenvalue weighted by atomic mass is 9.61. The third-order valence-corrected chi connectivity index (χ3v) is 12.6. The van der Waals surface area contributed by atoms with E-state index in [1.165, 1.54) is 71.3 Å². The molecule has 3 heteroatoms. The largest absolute Gasteiger partial charge is 0.454 e. The summed E-state index contributed by atoms with van der Waals surface area (Å²) in [7, 11) is 0. The van der Waals surface area contributed by atoms with Gasteiger partial charge in [-0.3, -0.25) is 0 Å². The van der Waals surface area contributed by atoms with Crippen molar-refractivity contribution in [1.29, 1.82) is 0 Å². The van der Waals surface area contributed by atoms with Crippen molar-refractivity contribution in [3.05, 3.63) is 216 Å². The quantitative estimate of drug-likeness (QED) is 0.175. The van der Waals surface area contributed by atoms with Gasteiger partial charge in [0.05, 0.1) is 33.2 Å². The SMILES string of the molecule is c1ccc2c(c1)Oc1c(ccc3c4ccccc4n(-c4ccc(-c5cccc6ccccc56)cc4)c13)C21c2ccccc2-n2c3ccccc3c3cccc1c32. The lowest BCUT2D eigenvalue weighted by Crippen LogP contribution is -2.37. The van der Waals surface area contributed by atoms with Crippen LogP contribution in [0.4, 0.5) is 0 Å². The average Bonchev–Trinajstić information content (AvgIpc) is 3.79.